The Morgan fingerprint density at radius 3 is 2.44 bits per heavy atom. The highest BCUT2D eigenvalue weighted by atomic mass is 16.2. The van der Waals surface area contributed by atoms with Crippen LogP contribution in [0.4, 0.5) is 11.6 Å². The quantitative estimate of drug-likeness (QED) is 0.710. The topological polar surface area (TPSA) is 65.1 Å². The molecule has 3 aromatic rings. The summed E-state index contributed by atoms with van der Waals surface area (Å²) >= 11 is 0. The molecule has 0 spiro atoms. The van der Waals surface area contributed by atoms with Crippen LogP contribution in [0.5, 0.6) is 0 Å². The number of nitrogens with zero attached hydrogens (tertiary/aromatic N) is 5. The number of rotatable bonds is 2. The molecule has 0 fully saturated rings. The molecule has 1 aliphatic heterocycles. The highest BCUT2D eigenvalue weighted by molar-refractivity contribution is 5.77. The summed E-state index contributed by atoms with van der Waals surface area (Å²) in [5.74, 6) is 0.726. The number of fused-ring (bicyclic) bond motifs is 3. The summed E-state index contributed by atoms with van der Waals surface area (Å²) in [4.78, 5) is 31.6. The van der Waals surface area contributed by atoms with E-state index in [0.29, 0.717) is 11.2 Å². The van der Waals surface area contributed by atoms with Crippen LogP contribution in [0.25, 0.3) is 11.2 Å². The molecular weight excluding hydrogens is 318 g/mol. The van der Waals surface area contributed by atoms with E-state index in [-0.39, 0.29) is 11.2 Å². The molecule has 0 saturated carbocycles. The second-order valence-electron chi connectivity index (χ2n) is 6.47. The lowest BCUT2D eigenvalue weighted by molar-refractivity contribution is 0.600. The van der Waals surface area contributed by atoms with Crippen molar-refractivity contribution in [2.45, 2.75) is 26.3 Å². The van der Waals surface area contributed by atoms with Gasteiger partial charge in [-0.2, -0.15) is 4.98 Å². The number of imidazole rings is 1. The molecule has 7 heteroatoms. The first kappa shape index (κ1) is 15.7. The molecule has 0 radical (unpaired) electrons. The number of anilines is 2. The number of hydrogen-bond donors (Lipinski definition) is 0. The molecule has 2 aromatic heterocycles. The first-order chi connectivity index (χ1) is 12.0. The zero-order valence-corrected chi connectivity index (χ0v) is 14.7. The van der Waals surface area contributed by atoms with Crippen LogP contribution in [-0.2, 0) is 27.1 Å². The fraction of sp³-hybridized carbons (Fsp3) is 0.389. The third kappa shape index (κ3) is 2.22. The van der Waals surface area contributed by atoms with E-state index >= 15 is 0 Å². The molecule has 0 bridgehead atoms. The van der Waals surface area contributed by atoms with E-state index < -0.39 is 0 Å². The molecule has 7 nitrogen and oxygen atoms in total. The van der Waals surface area contributed by atoms with Crippen molar-refractivity contribution >= 4 is 22.8 Å². The molecular formula is C18H21N5O2. The Bertz CT molecular complexity index is 1070. The van der Waals surface area contributed by atoms with E-state index in [9.17, 15) is 9.59 Å². The SMILES string of the molecule is CCc1ccc(N2CCCn3c2nc2c3c(=O)n(C)c(=O)n2C)cc1. The molecule has 3 heterocycles. The largest absolute Gasteiger partial charge is 0.332 e. The summed E-state index contributed by atoms with van der Waals surface area (Å²) in [6.07, 6.45) is 1.91. The minimum Gasteiger partial charge on any atom is -0.312 e. The predicted molar refractivity (Wildman–Crippen MR) is 97.7 cm³/mol. The summed E-state index contributed by atoms with van der Waals surface area (Å²) in [6.45, 7) is 3.69. The van der Waals surface area contributed by atoms with Gasteiger partial charge in [-0.3, -0.25) is 13.9 Å². The lowest BCUT2D eigenvalue weighted by atomic mass is 10.1. The van der Waals surface area contributed by atoms with Crippen molar-refractivity contribution in [2.75, 3.05) is 11.4 Å². The van der Waals surface area contributed by atoms with Gasteiger partial charge in [0.15, 0.2) is 11.2 Å². The van der Waals surface area contributed by atoms with E-state index in [1.165, 1.54) is 17.2 Å². The van der Waals surface area contributed by atoms with Crippen LogP contribution in [0.15, 0.2) is 33.9 Å². The Morgan fingerprint density at radius 2 is 1.76 bits per heavy atom. The van der Waals surface area contributed by atoms with Crippen LogP contribution in [0.1, 0.15) is 18.9 Å². The Balaban J connectivity index is 1.95. The Labute approximate surface area is 144 Å². The highest BCUT2D eigenvalue weighted by Crippen LogP contribution is 2.31. The van der Waals surface area contributed by atoms with Crippen LogP contribution < -0.4 is 16.1 Å². The van der Waals surface area contributed by atoms with Crippen molar-refractivity contribution in [2.24, 2.45) is 14.1 Å². The zero-order chi connectivity index (χ0) is 17.7. The van der Waals surface area contributed by atoms with E-state index in [1.54, 1.807) is 7.05 Å². The van der Waals surface area contributed by atoms with Crippen molar-refractivity contribution in [1.29, 1.82) is 0 Å². The van der Waals surface area contributed by atoms with Gasteiger partial charge in [0.25, 0.3) is 5.56 Å². The lowest BCUT2D eigenvalue weighted by Crippen LogP contribution is -2.38. The van der Waals surface area contributed by atoms with Crippen LogP contribution in [-0.4, -0.2) is 25.2 Å². The lowest BCUT2D eigenvalue weighted by Gasteiger charge is -2.29. The Morgan fingerprint density at radius 1 is 1.04 bits per heavy atom. The van der Waals surface area contributed by atoms with Gasteiger partial charge in [0.05, 0.1) is 0 Å². The third-order valence-corrected chi connectivity index (χ3v) is 4.99. The van der Waals surface area contributed by atoms with Gasteiger partial charge in [-0.05, 0) is 30.5 Å². The van der Waals surface area contributed by atoms with Crippen LogP contribution in [0, 0.1) is 0 Å². The number of hydrogen-bond acceptors (Lipinski definition) is 4. The molecule has 0 atom stereocenters. The first-order valence-electron chi connectivity index (χ1n) is 8.55. The number of benzene rings is 1. The Kier molecular flexibility index (Phi) is 3.52. The fourth-order valence-corrected chi connectivity index (χ4v) is 3.50. The molecule has 4 rings (SSSR count). The van der Waals surface area contributed by atoms with E-state index in [4.69, 9.17) is 0 Å². The van der Waals surface area contributed by atoms with Gasteiger partial charge >= 0.3 is 5.69 Å². The van der Waals surface area contributed by atoms with E-state index in [1.807, 2.05) is 4.57 Å². The summed E-state index contributed by atoms with van der Waals surface area (Å²) in [6, 6.07) is 8.41. The maximum absolute atomic E-state index is 12.6. The monoisotopic (exact) mass is 339 g/mol. The van der Waals surface area contributed by atoms with Gasteiger partial charge in [-0.15, -0.1) is 0 Å². The number of aryl methyl sites for hydroxylation is 3. The maximum atomic E-state index is 12.6. The van der Waals surface area contributed by atoms with Crippen molar-refractivity contribution in [3.05, 3.63) is 50.7 Å². The van der Waals surface area contributed by atoms with E-state index in [0.717, 1.165) is 42.1 Å². The molecule has 130 valence electrons. The van der Waals surface area contributed by atoms with Crippen molar-refractivity contribution < 1.29 is 0 Å². The average Bonchev–Trinajstić information content (AvgIpc) is 3.04. The summed E-state index contributed by atoms with van der Waals surface area (Å²) in [5, 5.41) is 0. The van der Waals surface area contributed by atoms with Gasteiger partial charge in [-0.1, -0.05) is 19.1 Å². The second kappa shape index (κ2) is 5.61. The minimum absolute atomic E-state index is 0.292. The fourth-order valence-electron chi connectivity index (χ4n) is 3.50. The smallest absolute Gasteiger partial charge is 0.312 e. The molecule has 1 aromatic carbocycles. The van der Waals surface area contributed by atoms with Gasteiger partial charge in [0.1, 0.15) is 0 Å². The zero-order valence-electron chi connectivity index (χ0n) is 14.7. The van der Waals surface area contributed by atoms with Gasteiger partial charge < -0.3 is 9.47 Å². The van der Waals surface area contributed by atoms with Gasteiger partial charge in [0.2, 0.25) is 5.95 Å². The second-order valence-corrected chi connectivity index (χ2v) is 6.47. The van der Waals surface area contributed by atoms with E-state index in [2.05, 4.69) is 41.1 Å². The summed E-state index contributed by atoms with van der Waals surface area (Å²) in [5.41, 5.74) is 2.63. The molecule has 0 saturated heterocycles. The molecule has 0 unspecified atom stereocenters. The maximum Gasteiger partial charge on any atom is 0.332 e. The van der Waals surface area contributed by atoms with Crippen LogP contribution in [0.3, 0.4) is 0 Å². The highest BCUT2D eigenvalue weighted by Gasteiger charge is 2.26. The number of aromatic nitrogens is 4. The molecule has 25 heavy (non-hydrogen) atoms. The molecule has 0 amide bonds. The summed E-state index contributed by atoms with van der Waals surface area (Å²) in [7, 11) is 3.16. The minimum atomic E-state index is -0.355. The van der Waals surface area contributed by atoms with Crippen molar-refractivity contribution in [3.8, 4) is 0 Å². The third-order valence-electron chi connectivity index (χ3n) is 4.99. The average molecular weight is 339 g/mol. The Hall–Kier alpha value is -2.83. The predicted octanol–water partition coefficient (Wildman–Crippen LogP) is 1.54. The van der Waals surface area contributed by atoms with Gasteiger partial charge in [0, 0.05) is 32.9 Å². The van der Waals surface area contributed by atoms with Crippen LogP contribution in [0.2, 0.25) is 0 Å². The first-order valence-corrected chi connectivity index (χ1v) is 8.55. The molecule has 0 aliphatic carbocycles. The standard InChI is InChI=1S/C18H21N5O2/c1-4-12-6-8-13(9-7-12)22-10-5-11-23-14-15(19-17(22)23)20(2)18(25)21(3)16(14)24/h6-9H,4-5,10-11H2,1-3H3. The normalized spacial score (nSPS) is 14.1. The van der Waals surface area contributed by atoms with Gasteiger partial charge in [-0.25, -0.2) is 4.79 Å². The van der Waals surface area contributed by atoms with Crippen molar-refractivity contribution in [3.63, 3.8) is 0 Å². The van der Waals surface area contributed by atoms with Crippen molar-refractivity contribution in [1.82, 2.24) is 18.7 Å². The van der Waals surface area contributed by atoms with Crippen LogP contribution >= 0.6 is 0 Å². The molecule has 0 N–H and O–H groups in total. The summed E-state index contributed by atoms with van der Waals surface area (Å²) < 4.78 is 4.53. The molecule has 1 aliphatic rings.